The van der Waals surface area contributed by atoms with E-state index in [4.69, 9.17) is 10.8 Å². The molecule has 1 aromatic heterocycles. The minimum atomic E-state index is 0.268. The Kier molecular flexibility index (Phi) is 4.31. The Bertz CT molecular complexity index is 616. The Hall–Kier alpha value is -1.72. The van der Waals surface area contributed by atoms with E-state index in [0.717, 1.165) is 42.7 Å². The van der Waals surface area contributed by atoms with Gasteiger partial charge in [-0.15, -0.1) is 0 Å². The summed E-state index contributed by atoms with van der Waals surface area (Å²) in [6.07, 6.45) is 4.31. The molecule has 3 rings (SSSR count). The zero-order valence-electron chi connectivity index (χ0n) is 12.2. The summed E-state index contributed by atoms with van der Waals surface area (Å²) in [5.74, 6) is 1.35. The number of hydrogen-bond acceptors (Lipinski definition) is 5. The monoisotopic (exact) mass is 286 g/mol. The fourth-order valence-electron chi connectivity index (χ4n) is 3.16. The quantitative estimate of drug-likeness (QED) is 0.878. The third-order valence-corrected chi connectivity index (χ3v) is 4.22. The van der Waals surface area contributed by atoms with Crippen molar-refractivity contribution in [1.82, 2.24) is 14.9 Å². The number of likely N-dealkylation sites (tertiary alicyclic amines) is 1. The number of rotatable bonds is 5. The molecular weight excluding hydrogens is 264 g/mol. The van der Waals surface area contributed by atoms with Crippen molar-refractivity contribution in [2.24, 2.45) is 0 Å². The van der Waals surface area contributed by atoms with Gasteiger partial charge in [0.05, 0.1) is 12.1 Å². The van der Waals surface area contributed by atoms with E-state index >= 15 is 0 Å². The molecule has 0 radical (unpaired) electrons. The molecule has 1 saturated heterocycles. The normalized spacial score (nSPS) is 19.4. The summed E-state index contributed by atoms with van der Waals surface area (Å²) in [7, 11) is 0. The minimum Gasteiger partial charge on any atom is -0.396 e. The maximum absolute atomic E-state index is 9.00. The van der Waals surface area contributed by atoms with Crippen LogP contribution in [0.2, 0.25) is 0 Å². The van der Waals surface area contributed by atoms with Gasteiger partial charge in [-0.2, -0.15) is 0 Å². The number of aliphatic hydroxyl groups is 1. The summed E-state index contributed by atoms with van der Waals surface area (Å²) in [6.45, 7) is 2.08. The Labute approximate surface area is 124 Å². The molecule has 1 unspecified atom stereocenters. The SMILES string of the molecule is Nc1nc(CN2CCCC2CCCO)nc2ccccc12. The van der Waals surface area contributed by atoms with E-state index < -0.39 is 0 Å². The number of anilines is 1. The van der Waals surface area contributed by atoms with Crippen molar-refractivity contribution in [1.29, 1.82) is 0 Å². The van der Waals surface area contributed by atoms with E-state index in [1.165, 1.54) is 12.8 Å². The number of fused-ring (bicyclic) bond motifs is 1. The number of nitrogens with zero attached hydrogens (tertiary/aromatic N) is 3. The van der Waals surface area contributed by atoms with Gasteiger partial charge in [-0.1, -0.05) is 12.1 Å². The topological polar surface area (TPSA) is 75.3 Å². The van der Waals surface area contributed by atoms with Gasteiger partial charge in [0.1, 0.15) is 11.6 Å². The molecule has 0 spiro atoms. The molecule has 1 aliphatic rings. The van der Waals surface area contributed by atoms with Gasteiger partial charge in [0.15, 0.2) is 0 Å². The second-order valence-corrected chi connectivity index (χ2v) is 5.67. The average molecular weight is 286 g/mol. The molecule has 112 valence electrons. The number of para-hydroxylation sites is 1. The second-order valence-electron chi connectivity index (χ2n) is 5.67. The summed E-state index contributed by atoms with van der Waals surface area (Å²) in [5.41, 5.74) is 6.95. The van der Waals surface area contributed by atoms with Crippen LogP contribution in [0, 0.1) is 0 Å². The van der Waals surface area contributed by atoms with Crippen LogP contribution < -0.4 is 5.73 Å². The average Bonchev–Trinajstić information content (AvgIpc) is 2.92. The maximum atomic E-state index is 9.00. The molecule has 1 fully saturated rings. The van der Waals surface area contributed by atoms with Gasteiger partial charge in [0, 0.05) is 18.0 Å². The highest BCUT2D eigenvalue weighted by atomic mass is 16.2. The molecule has 0 aliphatic carbocycles. The fourth-order valence-corrected chi connectivity index (χ4v) is 3.16. The van der Waals surface area contributed by atoms with Crippen molar-refractivity contribution in [3.8, 4) is 0 Å². The molecule has 1 aliphatic heterocycles. The Balaban J connectivity index is 1.78. The van der Waals surface area contributed by atoms with Crippen molar-refractivity contribution >= 4 is 16.7 Å². The Morgan fingerprint density at radius 2 is 2.14 bits per heavy atom. The van der Waals surface area contributed by atoms with Crippen LogP contribution in [0.4, 0.5) is 5.82 Å². The van der Waals surface area contributed by atoms with Gasteiger partial charge in [0.2, 0.25) is 0 Å². The summed E-state index contributed by atoms with van der Waals surface area (Å²) in [4.78, 5) is 11.5. The zero-order valence-corrected chi connectivity index (χ0v) is 12.2. The molecule has 2 heterocycles. The number of benzene rings is 1. The highest BCUT2D eigenvalue weighted by Crippen LogP contribution is 2.24. The van der Waals surface area contributed by atoms with Crippen LogP contribution in [0.15, 0.2) is 24.3 Å². The van der Waals surface area contributed by atoms with Crippen molar-refractivity contribution in [3.05, 3.63) is 30.1 Å². The van der Waals surface area contributed by atoms with Crippen LogP contribution in [0.25, 0.3) is 10.9 Å². The Morgan fingerprint density at radius 3 is 3.00 bits per heavy atom. The lowest BCUT2D eigenvalue weighted by Crippen LogP contribution is -2.30. The molecule has 1 aromatic carbocycles. The zero-order chi connectivity index (χ0) is 14.7. The van der Waals surface area contributed by atoms with Crippen molar-refractivity contribution in [2.75, 3.05) is 18.9 Å². The molecule has 5 heteroatoms. The second kappa shape index (κ2) is 6.37. The molecule has 0 amide bonds. The highest BCUT2D eigenvalue weighted by Gasteiger charge is 2.24. The molecule has 1 atom stereocenters. The molecule has 0 saturated carbocycles. The summed E-state index contributed by atoms with van der Waals surface area (Å²) in [6, 6.07) is 8.39. The van der Waals surface area contributed by atoms with E-state index in [0.29, 0.717) is 11.9 Å². The van der Waals surface area contributed by atoms with E-state index in [9.17, 15) is 0 Å². The van der Waals surface area contributed by atoms with E-state index in [-0.39, 0.29) is 6.61 Å². The summed E-state index contributed by atoms with van der Waals surface area (Å²) in [5, 5.41) is 9.91. The molecule has 2 aromatic rings. The first-order valence-corrected chi connectivity index (χ1v) is 7.64. The van der Waals surface area contributed by atoms with Crippen LogP contribution >= 0.6 is 0 Å². The lowest BCUT2D eigenvalue weighted by atomic mass is 10.1. The highest BCUT2D eigenvalue weighted by molar-refractivity contribution is 5.87. The molecular formula is C16H22N4O. The third-order valence-electron chi connectivity index (χ3n) is 4.22. The van der Waals surface area contributed by atoms with Crippen molar-refractivity contribution in [3.63, 3.8) is 0 Å². The molecule has 3 N–H and O–H groups in total. The first kappa shape index (κ1) is 14.2. The number of nitrogen functional groups attached to an aromatic ring is 1. The van der Waals surface area contributed by atoms with Gasteiger partial charge in [0.25, 0.3) is 0 Å². The number of aromatic nitrogens is 2. The Morgan fingerprint density at radius 1 is 1.29 bits per heavy atom. The van der Waals surface area contributed by atoms with Crippen LogP contribution in [-0.4, -0.2) is 39.2 Å². The number of hydrogen-bond donors (Lipinski definition) is 2. The minimum absolute atomic E-state index is 0.268. The predicted molar refractivity (Wildman–Crippen MR) is 83.7 cm³/mol. The van der Waals surface area contributed by atoms with Gasteiger partial charge < -0.3 is 10.8 Å². The maximum Gasteiger partial charge on any atom is 0.145 e. The van der Waals surface area contributed by atoms with Crippen LogP contribution in [-0.2, 0) is 6.54 Å². The number of nitrogens with two attached hydrogens (primary N) is 1. The van der Waals surface area contributed by atoms with E-state index in [2.05, 4.69) is 14.9 Å². The van der Waals surface area contributed by atoms with Gasteiger partial charge in [-0.05, 0) is 44.4 Å². The van der Waals surface area contributed by atoms with E-state index in [1.807, 2.05) is 24.3 Å². The lowest BCUT2D eigenvalue weighted by molar-refractivity contribution is 0.206. The first-order valence-electron chi connectivity index (χ1n) is 7.64. The number of aliphatic hydroxyl groups excluding tert-OH is 1. The standard InChI is InChI=1S/C16H22N4O/c17-16-13-7-1-2-8-14(13)18-15(19-16)11-20-9-3-5-12(20)6-4-10-21/h1-2,7-8,12,21H,3-6,9-11H2,(H2,17,18,19). The van der Waals surface area contributed by atoms with Crippen molar-refractivity contribution in [2.45, 2.75) is 38.3 Å². The third kappa shape index (κ3) is 3.14. The lowest BCUT2D eigenvalue weighted by Gasteiger charge is -2.23. The van der Waals surface area contributed by atoms with E-state index in [1.54, 1.807) is 0 Å². The predicted octanol–water partition coefficient (Wildman–Crippen LogP) is 1.95. The smallest absolute Gasteiger partial charge is 0.145 e. The summed E-state index contributed by atoms with van der Waals surface area (Å²) >= 11 is 0. The fraction of sp³-hybridized carbons (Fsp3) is 0.500. The molecule has 0 bridgehead atoms. The molecule has 21 heavy (non-hydrogen) atoms. The summed E-state index contributed by atoms with van der Waals surface area (Å²) < 4.78 is 0. The molecule has 5 nitrogen and oxygen atoms in total. The van der Waals surface area contributed by atoms with Crippen LogP contribution in [0.3, 0.4) is 0 Å². The van der Waals surface area contributed by atoms with Crippen LogP contribution in [0.5, 0.6) is 0 Å². The van der Waals surface area contributed by atoms with Gasteiger partial charge in [-0.3, -0.25) is 4.90 Å². The van der Waals surface area contributed by atoms with Crippen molar-refractivity contribution < 1.29 is 5.11 Å². The van der Waals surface area contributed by atoms with Gasteiger partial charge in [-0.25, -0.2) is 9.97 Å². The first-order chi connectivity index (χ1) is 10.3. The van der Waals surface area contributed by atoms with Crippen LogP contribution in [0.1, 0.15) is 31.5 Å². The van der Waals surface area contributed by atoms with Gasteiger partial charge >= 0.3 is 0 Å². The largest absolute Gasteiger partial charge is 0.396 e.